The fourth-order valence-corrected chi connectivity index (χ4v) is 1.48. The molecule has 0 atom stereocenters. The summed E-state index contributed by atoms with van der Waals surface area (Å²) >= 11 is 0. The van der Waals surface area contributed by atoms with Crippen molar-refractivity contribution in [1.29, 1.82) is 0 Å². The Bertz CT molecular complexity index is 307. The maximum atomic E-state index is 5.74. The van der Waals surface area contributed by atoms with E-state index in [1.807, 2.05) is 19.2 Å². The average molecular weight is 244 g/mol. The molecule has 16 heavy (non-hydrogen) atoms. The highest BCUT2D eigenvalue weighted by Crippen LogP contribution is 2.30. The van der Waals surface area contributed by atoms with Crippen molar-refractivity contribution in [3.63, 3.8) is 0 Å². The molecule has 0 aromatic heterocycles. The second-order valence-electron chi connectivity index (χ2n) is 4.70. The smallest absolute Gasteiger partial charge is 0.123 e. The molecule has 92 valence electrons. The van der Waals surface area contributed by atoms with Crippen LogP contribution in [-0.4, -0.2) is 20.2 Å². The molecule has 0 aliphatic heterocycles. The van der Waals surface area contributed by atoms with Crippen molar-refractivity contribution in [2.45, 2.75) is 26.2 Å². The van der Waals surface area contributed by atoms with Gasteiger partial charge in [0, 0.05) is 6.54 Å². The van der Waals surface area contributed by atoms with Crippen molar-refractivity contribution in [2.24, 2.45) is 0 Å². The minimum absolute atomic E-state index is 0. The summed E-state index contributed by atoms with van der Waals surface area (Å²) in [6.45, 7) is 8.19. The Kier molecular flexibility index (Phi) is 6.46. The summed E-state index contributed by atoms with van der Waals surface area (Å²) in [5, 5.41) is 3.07. The van der Waals surface area contributed by atoms with Crippen molar-refractivity contribution >= 4 is 12.4 Å². The lowest BCUT2D eigenvalue weighted by atomic mass is 9.86. The van der Waals surface area contributed by atoms with Gasteiger partial charge in [0.25, 0.3) is 0 Å². The van der Waals surface area contributed by atoms with Crippen LogP contribution in [0.2, 0.25) is 0 Å². The average Bonchev–Trinajstić information content (AvgIpc) is 2.17. The summed E-state index contributed by atoms with van der Waals surface area (Å²) < 4.78 is 5.74. The number of rotatable bonds is 4. The molecule has 2 nitrogen and oxygen atoms in total. The Morgan fingerprint density at radius 3 is 2.38 bits per heavy atom. The number of halogens is 1. The van der Waals surface area contributed by atoms with Gasteiger partial charge in [-0.2, -0.15) is 0 Å². The molecule has 0 heterocycles. The van der Waals surface area contributed by atoms with Crippen molar-refractivity contribution < 1.29 is 4.74 Å². The van der Waals surface area contributed by atoms with Gasteiger partial charge in [-0.25, -0.2) is 0 Å². The number of hydrogen-bond acceptors (Lipinski definition) is 2. The maximum Gasteiger partial charge on any atom is 0.123 e. The van der Waals surface area contributed by atoms with Crippen molar-refractivity contribution in [2.75, 3.05) is 20.2 Å². The van der Waals surface area contributed by atoms with E-state index in [0.717, 1.165) is 12.3 Å². The second-order valence-corrected chi connectivity index (χ2v) is 4.70. The van der Waals surface area contributed by atoms with Crippen LogP contribution in [0.1, 0.15) is 26.3 Å². The molecule has 1 rings (SSSR count). The number of para-hydroxylation sites is 1. The highest BCUT2D eigenvalue weighted by atomic mass is 35.5. The molecular formula is C13H22ClNO. The van der Waals surface area contributed by atoms with Crippen molar-refractivity contribution in [1.82, 2.24) is 5.32 Å². The van der Waals surface area contributed by atoms with Crippen LogP contribution in [-0.2, 0) is 5.41 Å². The van der Waals surface area contributed by atoms with Gasteiger partial charge < -0.3 is 10.1 Å². The van der Waals surface area contributed by atoms with Gasteiger partial charge >= 0.3 is 0 Å². The molecule has 0 fully saturated rings. The summed E-state index contributed by atoms with van der Waals surface area (Å²) in [4.78, 5) is 0. The van der Waals surface area contributed by atoms with Crippen LogP contribution in [0.4, 0.5) is 0 Å². The molecule has 1 aromatic carbocycles. The van der Waals surface area contributed by atoms with E-state index >= 15 is 0 Å². The lowest BCUT2D eigenvalue weighted by Crippen LogP contribution is -2.18. The van der Waals surface area contributed by atoms with Gasteiger partial charge in [0.15, 0.2) is 0 Å². The van der Waals surface area contributed by atoms with E-state index in [4.69, 9.17) is 4.74 Å². The molecule has 0 aliphatic rings. The zero-order valence-corrected chi connectivity index (χ0v) is 11.4. The molecule has 1 N–H and O–H groups in total. The predicted octanol–water partition coefficient (Wildman–Crippen LogP) is 3.00. The van der Waals surface area contributed by atoms with Gasteiger partial charge in [-0.1, -0.05) is 39.0 Å². The summed E-state index contributed by atoms with van der Waals surface area (Å²) in [5.74, 6) is 1.00. The van der Waals surface area contributed by atoms with E-state index in [0.29, 0.717) is 6.61 Å². The van der Waals surface area contributed by atoms with E-state index in [1.54, 1.807) is 0 Å². The topological polar surface area (TPSA) is 21.3 Å². The first-order valence-electron chi connectivity index (χ1n) is 5.42. The summed E-state index contributed by atoms with van der Waals surface area (Å²) in [5.41, 5.74) is 1.40. The highest BCUT2D eigenvalue weighted by Gasteiger charge is 2.17. The summed E-state index contributed by atoms with van der Waals surface area (Å²) in [7, 11) is 1.93. The fourth-order valence-electron chi connectivity index (χ4n) is 1.48. The number of hydrogen-bond donors (Lipinski definition) is 1. The second kappa shape index (κ2) is 6.77. The van der Waals surface area contributed by atoms with Gasteiger partial charge in [-0.05, 0) is 24.1 Å². The Morgan fingerprint density at radius 1 is 1.19 bits per heavy atom. The molecule has 1 aromatic rings. The molecule has 0 radical (unpaired) electrons. The first-order valence-corrected chi connectivity index (χ1v) is 5.42. The highest BCUT2D eigenvalue weighted by molar-refractivity contribution is 5.85. The molecule has 0 bridgehead atoms. The largest absolute Gasteiger partial charge is 0.492 e. The van der Waals surface area contributed by atoms with Crippen LogP contribution in [0, 0.1) is 0 Å². The number of likely N-dealkylation sites (N-methyl/N-ethyl adjacent to an activating group) is 1. The first kappa shape index (κ1) is 15.3. The van der Waals surface area contributed by atoms with Crippen molar-refractivity contribution in [3.8, 4) is 5.75 Å². The van der Waals surface area contributed by atoms with Gasteiger partial charge in [0.2, 0.25) is 0 Å². The predicted molar refractivity (Wildman–Crippen MR) is 71.8 cm³/mol. The standard InChI is InChI=1S/C13H21NO.ClH/c1-13(2,3)11-7-5-6-8-12(11)15-10-9-14-4;/h5-8,14H,9-10H2,1-4H3;1H. The third-order valence-electron chi connectivity index (χ3n) is 2.30. The van der Waals surface area contributed by atoms with Gasteiger partial charge in [0.05, 0.1) is 0 Å². The van der Waals surface area contributed by atoms with Crippen LogP contribution < -0.4 is 10.1 Å². The molecule has 0 unspecified atom stereocenters. The molecule has 0 aliphatic carbocycles. The molecule has 0 spiro atoms. The van der Waals surface area contributed by atoms with Crippen LogP contribution in [0.15, 0.2) is 24.3 Å². The third kappa shape index (κ3) is 4.42. The Balaban J connectivity index is 0.00000225. The quantitative estimate of drug-likeness (QED) is 0.821. The number of ether oxygens (including phenoxy) is 1. The lowest BCUT2D eigenvalue weighted by molar-refractivity contribution is 0.310. The number of nitrogens with one attached hydrogen (secondary N) is 1. The minimum Gasteiger partial charge on any atom is -0.492 e. The van der Waals surface area contributed by atoms with E-state index in [-0.39, 0.29) is 17.8 Å². The van der Waals surface area contributed by atoms with E-state index in [9.17, 15) is 0 Å². The van der Waals surface area contributed by atoms with E-state index < -0.39 is 0 Å². The van der Waals surface area contributed by atoms with Gasteiger partial charge in [0.1, 0.15) is 12.4 Å². The van der Waals surface area contributed by atoms with E-state index in [1.165, 1.54) is 5.56 Å². The van der Waals surface area contributed by atoms with Gasteiger partial charge in [-0.15, -0.1) is 12.4 Å². The Labute approximate surface area is 105 Å². The van der Waals surface area contributed by atoms with Gasteiger partial charge in [-0.3, -0.25) is 0 Å². The zero-order valence-electron chi connectivity index (χ0n) is 10.5. The zero-order chi connectivity index (χ0) is 11.3. The molecule has 3 heteroatoms. The van der Waals surface area contributed by atoms with Crippen LogP contribution in [0.5, 0.6) is 5.75 Å². The van der Waals surface area contributed by atoms with Crippen LogP contribution in [0.25, 0.3) is 0 Å². The third-order valence-corrected chi connectivity index (χ3v) is 2.30. The first-order chi connectivity index (χ1) is 7.05. The summed E-state index contributed by atoms with van der Waals surface area (Å²) in [6.07, 6.45) is 0. The molecule has 0 saturated heterocycles. The lowest BCUT2D eigenvalue weighted by Gasteiger charge is -2.22. The Hall–Kier alpha value is -0.730. The van der Waals surface area contributed by atoms with Crippen LogP contribution in [0.3, 0.4) is 0 Å². The summed E-state index contributed by atoms with van der Waals surface area (Å²) in [6, 6.07) is 8.25. The SMILES string of the molecule is CNCCOc1ccccc1C(C)(C)C.Cl. The van der Waals surface area contributed by atoms with Crippen LogP contribution >= 0.6 is 12.4 Å². The minimum atomic E-state index is 0. The number of benzene rings is 1. The maximum absolute atomic E-state index is 5.74. The fraction of sp³-hybridized carbons (Fsp3) is 0.538. The normalized spacial score (nSPS) is 10.8. The Morgan fingerprint density at radius 2 is 1.81 bits per heavy atom. The van der Waals surface area contributed by atoms with E-state index in [2.05, 4.69) is 38.2 Å². The molecule has 0 amide bonds. The molecule has 0 saturated carbocycles. The molecular weight excluding hydrogens is 222 g/mol. The monoisotopic (exact) mass is 243 g/mol. The van der Waals surface area contributed by atoms with Crippen molar-refractivity contribution in [3.05, 3.63) is 29.8 Å².